The van der Waals surface area contributed by atoms with Gasteiger partial charge in [-0.1, -0.05) is 39.0 Å². The van der Waals surface area contributed by atoms with E-state index in [0.717, 1.165) is 12.8 Å². The van der Waals surface area contributed by atoms with Gasteiger partial charge in [0.25, 0.3) is 0 Å². The predicted octanol–water partition coefficient (Wildman–Crippen LogP) is 4.15. The summed E-state index contributed by atoms with van der Waals surface area (Å²) in [5.74, 6) is 3.67. The fourth-order valence-electron chi connectivity index (χ4n) is 2.99. The molecule has 1 nitrogen and oxygen atoms in total. The lowest BCUT2D eigenvalue weighted by Crippen LogP contribution is -2.34. The van der Waals surface area contributed by atoms with E-state index in [1.807, 2.05) is 23.5 Å². The zero-order valence-corrected chi connectivity index (χ0v) is 12.5. The van der Waals surface area contributed by atoms with Gasteiger partial charge in [0.05, 0.1) is 5.25 Å². The van der Waals surface area contributed by atoms with Gasteiger partial charge in [-0.25, -0.2) is 0 Å². The molecule has 0 aromatic carbocycles. The third-order valence-electron chi connectivity index (χ3n) is 3.98. The molecule has 2 atom stereocenters. The van der Waals surface area contributed by atoms with Crippen molar-refractivity contribution < 1.29 is 4.79 Å². The molecule has 0 radical (unpaired) electrons. The highest BCUT2D eigenvalue weighted by Crippen LogP contribution is 2.36. The Morgan fingerprint density at radius 3 is 2.53 bits per heavy atom. The Morgan fingerprint density at radius 2 is 1.82 bits per heavy atom. The standard InChI is InChI=1S/C14H24OS2/c1-2-13-14(17-9-8-16-13)12(15)10-11-6-4-3-5-7-11/h11,13-14H,2-10H2,1H3. The maximum absolute atomic E-state index is 12.4. The van der Waals surface area contributed by atoms with Crippen LogP contribution in [0.1, 0.15) is 51.9 Å². The number of hydrogen-bond donors (Lipinski definition) is 0. The molecule has 0 amide bonds. The smallest absolute Gasteiger partial charge is 0.147 e. The number of rotatable bonds is 4. The lowest BCUT2D eigenvalue weighted by Gasteiger charge is -2.30. The van der Waals surface area contributed by atoms with Crippen LogP contribution in [0.3, 0.4) is 0 Å². The van der Waals surface area contributed by atoms with Crippen molar-refractivity contribution in [3.63, 3.8) is 0 Å². The minimum Gasteiger partial charge on any atom is -0.298 e. The predicted molar refractivity (Wildman–Crippen MR) is 79.0 cm³/mol. The Morgan fingerprint density at radius 1 is 1.12 bits per heavy atom. The number of thioether (sulfide) groups is 2. The van der Waals surface area contributed by atoms with Crippen molar-refractivity contribution in [2.24, 2.45) is 5.92 Å². The molecule has 3 heteroatoms. The molecule has 0 spiro atoms. The molecular formula is C14H24OS2. The van der Waals surface area contributed by atoms with Crippen LogP contribution in [-0.2, 0) is 4.79 Å². The van der Waals surface area contributed by atoms with Gasteiger partial charge >= 0.3 is 0 Å². The molecular weight excluding hydrogens is 248 g/mol. The first-order valence-corrected chi connectivity index (χ1v) is 9.17. The van der Waals surface area contributed by atoms with Crippen LogP contribution in [0.4, 0.5) is 0 Å². The van der Waals surface area contributed by atoms with Gasteiger partial charge in [-0.05, 0) is 12.3 Å². The van der Waals surface area contributed by atoms with Gasteiger partial charge in [-0.3, -0.25) is 4.79 Å². The van der Waals surface area contributed by atoms with Crippen molar-refractivity contribution >= 4 is 29.3 Å². The Kier molecular flexibility index (Phi) is 5.75. The third-order valence-corrected chi connectivity index (χ3v) is 7.28. The zero-order valence-electron chi connectivity index (χ0n) is 10.8. The highest BCUT2D eigenvalue weighted by atomic mass is 32.2. The summed E-state index contributed by atoms with van der Waals surface area (Å²) in [4.78, 5) is 12.4. The first-order valence-electron chi connectivity index (χ1n) is 7.07. The van der Waals surface area contributed by atoms with Crippen LogP contribution in [0.15, 0.2) is 0 Å². The van der Waals surface area contributed by atoms with Crippen LogP contribution in [0, 0.1) is 5.92 Å². The average molecular weight is 272 g/mol. The molecule has 1 saturated heterocycles. The average Bonchev–Trinajstić information content (AvgIpc) is 2.40. The van der Waals surface area contributed by atoms with Crippen LogP contribution in [0.5, 0.6) is 0 Å². The van der Waals surface area contributed by atoms with E-state index in [1.54, 1.807) is 0 Å². The van der Waals surface area contributed by atoms with Crippen molar-refractivity contribution in [3.05, 3.63) is 0 Å². The maximum atomic E-state index is 12.4. The Balaban J connectivity index is 1.84. The van der Waals surface area contributed by atoms with Gasteiger partial charge in [0, 0.05) is 23.2 Å². The van der Waals surface area contributed by atoms with Crippen molar-refractivity contribution in [1.82, 2.24) is 0 Å². The number of ketones is 1. The highest BCUT2D eigenvalue weighted by Gasteiger charge is 2.32. The van der Waals surface area contributed by atoms with E-state index in [4.69, 9.17) is 0 Å². The normalized spacial score (nSPS) is 31.4. The van der Waals surface area contributed by atoms with E-state index < -0.39 is 0 Å². The summed E-state index contributed by atoms with van der Waals surface area (Å²) in [6.45, 7) is 2.23. The van der Waals surface area contributed by atoms with Crippen LogP contribution in [0.25, 0.3) is 0 Å². The molecule has 2 unspecified atom stereocenters. The molecule has 0 aromatic heterocycles. The first-order chi connectivity index (χ1) is 8.31. The van der Waals surface area contributed by atoms with E-state index in [9.17, 15) is 4.79 Å². The number of carbonyl (C=O) groups excluding carboxylic acids is 1. The monoisotopic (exact) mass is 272 g/mol. The van der Waals surface area contributed by atoms with Crippen LogP contribution in [-0.4, -0.2) is 27.8 Å². The lowest BCUT2D eigenvalue weighted by atomic mass is 9.85. The fraction of sp³-hybridized carbons (Fsp3) is 0.929. The molecule has 1 aliphatic carbocycles. The van der Waals surface area contributed by atoms with Gasteiger partial charge < -0.3 is 0 Å². The molecule has 1 saturated carbocycles. The van der Waals surface area contributed by atoms with E-state index in [2.05, 4.69) is 6.92 Å². The number of hydrogen-bond acceptors (Lipinski definition) is 3. The molecule has 2 aliphatic rings. The quantitative estimate of drug-likeness (QED) is 0.765. The largest absolute Gasteiger partial charge is 0.298 e. The highest BCUT2D eigenvalue weighted by molar-refractivity contribution is 8.07. The summed E-state index contributed by atoms with van der Waals surface area (Å²) in [7, 11) is 0. The van der Waals surface area contributed by atoms with Crippen LogP contribution >= 0.6 is 23.5 Å². The molecule has 2 fully saturated rings. The van der Waals surface area contributed by atoms with Crippen molar-refractivity contribution in [2.75, 3.05) is 11.5 Å². The summed E-state index contributed by atoms with van der Waals surface area (Å²) in [5.41, 5.74) is 0. The van der Waals surface area contributed by atoms with Gasteiger partial charge in [-0.2, -0.15) is 11.8 Å². The van der Waals surface area contributed by atoms with Crippen molar-refractivity contribution in [1.29, 1.82) is 0 Å². The SMILES string of the molecule is CCC1SCCSC1C(=O)CC1CCCCC1. The van der Waals surface area contributed by atoms with E-state index in [1.165, 1.54) is 43.6 Å². The van der Waals surface area contributed by atoms with Crippen molar-refractivity contribution in [2.45, 2.75) is 62.4 Å². The van der Waals surface area contributed by atoms with Gasteiger partial charge in [0.1, 0.15) is 5.78 Å². The summed E-state index contributed by atoms with van der Waals surface area (Å²) in [5, 5.41) is 0.894. The second-order valence-corrected chi connectivity index (χ2v) is 7.88. The second kappa shape index (κ2) is 7.08. The summed E-state index contributed by atoms with van der Waals surface area (Å²) in [6.07, 6.45) is 8.70. The Hall–Kier alpha value is 0.370. The molecule has 17 heavy (non-hydrogen) atoms. The topological polar surface area (TPSA) is 17.1 Å². The van der Waals surface area contributed by atoms with Crippen LogP contribution in [0.2, 0.25) is 0 Å². The minimum absolute atomic E-state index is 0.306. The number of Topliss-reactive ketones (excluding diaryl/α,β-unsaturated/α-hetero) is 1. The molecule has 0 N–H and O–H groups in total. The van der Waals surface area contributed by atoms with Crippen LogP contribution < -0.4 is 0 Å². The fourth-order valence-corrected chi connectivity index (χ4v) is 6.04. The molecule has 0 aromatic rings. The zero-order chi connectivity index (χ0) is 12.1. The molecule has 98 valence electrons. The molecule has 0 bridgehead atoms. The van der Waals surface area contributed by atoms with E-state index >= 15 is 0 Å². The maximum Gasteiger partial charge on any atom is 0.147 e. The summed E-state index contributed by atoms with van der Waals surface area (Å²) < 4.78 is 0. The minimum atomic E-state index is 0.306. The molecule has 1 aliphatic heterocycles. The number of carbonyl (C=O) groups is 1. The Labute approximate surface area is 114 Å². The summed E-state index contributed by atoms with van der Waals surface area (Å²) in [6, 6.07) is 0. The third kappa shape index (κ3) is 3.92. The van der Waals surface area contributed by atoms with Gasteiger partial charge in [-0.15, -0.1) is 11.8 Å². The Bertz CT molecular complexity index is 249. The van der Waals surface area contributed by atoms with Gasteiger partial charge in [0.2, 0.25) is 0 Å². The summed E-state index contributed by atoms with van der Waals surface area (Å²) >= 11 is 3.94. The first kappa shape index (κ1) is 13.8. The lowest BCUT2D eigenvalue weighted by molar-refractivity contribution is -0.119. The molecule has 1 heterocycles. The van der Waals surface area contributed by atoms with E-state index in [-0.39, 0.29) is 0 Å². The van der Waals surface area contributed by atoms with Gasteiger partial charge in [0.15, 0.2) is 0 Å². The molecule has 2 rings (SSSR count). The van der Waals surface area contributed by atoms with Crippen molar-refractivity contribution in [3.8, 4) is 0 Å². The van der Waals surface area contributed by atoms with E-state index in [0.29, 0.717) is 22.2 Å². The second-order valence-electron chi connectivity index (χ2n) is 5.28.